The SMILES string of the molecule is CC(C)(C)c1cc(-c2ccccc2)c(F)c(-c2ccccc2)c1. The molecule has 0 saturated heterocycles. The summed E-state index contributed by atoms with van der Waals surface area (Å²) >= 11 is 0. The minimum Gasteiger partial charge on any atom is -0.206 e. The van der Waals surface area contributed by atoms with E-state index in [2.05, 4.69) is 20.8 Å². The van der Waals surface area contributed by atoms with E-state index in [-0.39, 0.29) is 11.2 Å². The molecule has 0 aliphatic heterocycles. The molecule has 0 atom stereocenters. The molecule has 0 spiro atoms. The van der Waals surface area contributed by atoms with E-state index in [9.17, 15) is 0 Å². The Morgan fingerprint density at radius 2 is 1.04 bits per heavy atom. The summed E-state index contributed by atoms with van der Waals surface area (Å²) in [5.74, 6) is -0.157. The second-order valence-electron chi connectivity index (χ2n) is 6.87. The zero-order valence-electron chi connectivity index (χ0n) is 13.8. The quantitative estimate of drug-likeness (QED) is 0.510. The Labute approximate surface area is 137 Å². The molecule has 0 N–H and O–H groups in total. The van der Waals surface area contributed by atoms with Gasteiger partial charge in [-0.25, -0.2) is 4.39 Å². The van der Waals surface area contributed by atoms with Crippen LogP contribution in [0.1, 0.15) is 26.3 Å². The van der Waals surface area contributed by atoms with Gasteiger partial charge in [0.1, 0.15) is 5.82 Å². The fourth-order valence-electron chi connectivity index (χ4n) is 2.71. The molecule has 0 aliphatic carbocycles. The lowest BCUT2D eigenvalue weighted by atomic mass is 9.83. The standard InChI is InChI=1S/C22H21F/c1-22(2,3)18-14-19(16-10-6-4-7-11-16)21(23)20(15-18)17-12-8-5-9-13-17/h4-15H,1-3H3. The van der Waals surface area contributed by atoms with Crippen LogP contribution in [0.15, 0.2) is 72.8 Å². The van der Waals surface area contributed by atoms with Crippen molar-refractivity contribution in [3.63, 3.8) is 0 Å². The summed E-state index contributed by atoms with van der Waals surface area (Å²) in [5, 5.41) is 0. The molecule has 3 rings (SSSR count). The number of halogens is 1. The number of hydrogen-bond acceptors (Lipinski definition) is 0. The van der Waals surface area contributed by atoms with E-state index in [1.807, 2.05) is 72.8 Å². The first kappa shape index (κ1) is 15.5. The van der Waals surface area contributed by atoms with Crippen molar-refractivity contribution in [1.29, 1.82) is 0 Å². The summed E-state index contributed by atoms with van der Waals surface area (Å²) < 4.78 is 15.2. The van der Waals surface area contributed by atoms with Crippen molar-refractivity contribution >= 4 is 0 Å². The van der Waals surface area contributed by atoms with Gasteiger partial charge in [0.25, 0.3) is 0 Å². The maximum Gasteiger partial charge on any atom is 0.138 e. The average molecular weight is 304 g/mol. The van der Waals surface area contributed by atoms with Gasteiger partial charge in [-0.1, -0.05) is 81.4 Å². The summed E-state index contributed by atoms with van der Waals surface area (Å²) in [5.41, 5.74) is 4.24. The first-order valence-electron chi connectivity index (χ1n) is 7.92. The molecule has 0 aliphatic rings. The van der Waals surface area contributed by atoms with Gasteiger partial charge in [-0.05, 0) is 34.2 Å². The van der Waals surface area contributed by atoms with Crippen LogP contribution in [0.2, 0.25) is 0 Å². The second kappa shape index (κ2) is 6.00. The van der Waals surface area contributed by atoms with Crippen molar-refractivity contribution in [3.05, 3.63) is 84.2 Å². The lowest BCUT2D eigenvalue weighted by Gasteiger charge is -2.22. The van der Waals surface area contributed by atoms with E-state index in [4.69, 9.17) is 0 Å². The maximum atomic E-state index is 15.2. The van der Waals surface area contributed by atoms with Crippen molar-refractivity contribution < 1.29 is 4.39 Å². The molecule has 0 nitrogen and oxygen atoms in total. The molecule has 116 valence electrons. The van der Waals surface area contributed by atoms with Crippen molar-refractivity contribution in [2.24, 2.45) is 0 Å². The summed E-state index contributed by atoms with van der Waals surface area (Å²) in [6.07, 6.45) is 0. The Bertz CT molecular complexity index is 736. The molecule has 0 aromatic heterocycles. The van der Waals surface area contributed by atoms with Gasteiger partial charge in [0.15, 0.2) is 0 Å². The summed E-state index contributed by atoms with van der Waals surface area (Å²) in [6.45, 7) is 6.47. The summed E-state index contributed by atoms with van der Waals surface area (Å²) in [6, 6.07) is 23.5. The normalized spacial score (nSPS) is 11.5. The van der Waals surface area contributed by atoms with Gasteiger partial charge in [0.2, 0.25) is 0 Å². The minimum atomic E-state index is -0.157. The van der Waals surface area contributed by atoms with Gasteiger partial charge in [-0.3, -0.25) is 0 Å². The van der Waals surface area contributed by atoms with Gasteiger partial charge < -0.3 is 0 Å². The van der Waals surface area contributed by atoms with E-state index >= 15 is 4.39 Å². The van der Waals surface area contributed by atoms with Crippen LogP contribution in [0.5, 0.6) is 0 Å². The molecule has 23 heavy (non-hydrogen) atoms. The Kier molecular flexibility index (Phi) is 4.04. The van der Waals surface area contributed by atoms with E-state index < -0.39 is 0 Å². The topological polar surface area (TPSA) is 0 Å². The van der Waals surface area contributed by atoms with Crippen LogP contribution in [0.4, 0.5) is 4.39 Å². The van der Waals surface area contributed by atoms with Crippen LogP contribution in [0, 0.1) is 5.82 Å². The van der Waals surface area contributed by atoms with Crippen LogP contribution in [-0.2, 0) is 5.41 Å². The molecule has 0 radical (unpaired) electrons. The third-order valence-corrected chi connectivity index (χ3v) is 4.11. The van der Waals surface area contributed by atoms with Crippen LogP contribution in [0.3, 0.4) is 0 Å². The fraction of sp³-hybridized carbons (Fsp3) is 0.182. The first-order chi connectivity index (χ1) is 11.0. The minimum absolute atomic E-state index is 0.0409. The molecule has 3 aromatic rings. The highest BCUT2D eigenvalue weighted by Crippen LogP contribution is 2.36. The van der Waals surface area contributed by atoms with Crippen molar-refractivity contribution in [2.75, 3.05) is 0 Å². The summed E-state index contributed by atoms with van der Waals surface area (Å²) in [4.78, 5) is 0. The monoisotopic (exact) mass is 304 g/mol. The smallest absolute Gasteiger partial charge is 0.138 e. The number of hydrogen-bond donors (Lipinski definition) is 0. The Morgan fingerprint density at radius 1 is 0.652 bits per heavy atom. The largest absolute Gasteiger partial charge is 0.206 e. The lowest BCUT2D eigenvalue weighted by Crippen LogP contribution is -2.12. The third-order valence-electron chi connectivity index (χ3n) is 4.11. The molecule has 1 heteroatoms. The van der Waals surface area contributed by atoms with E-state index in [1.165, 1.54) is 0 Å². The predicted molar refractivity (Wildman–Crippen MR) is 96.0 cm³/mol. The number of benzene rings is 3. The van der Waals surface area contributed by atoms with Gasteiger partial charge in [-0.15, -0.1) is 0 Å². The Hall–Kier alpha value is -2.41. The predicted octanol–water partition coefficient (Wildman–Crippen LogP) is 6.46. The van der Waals surface area contributed by atoms with Gasteiger partial charge in [0, 0.05) is 11.1 Å². The van der Waals surface area contributed by atoms with E-state index in [0.717, 1.165) is 16.7 Å². The molecule has 0 unspecified atom stereocenters. The maximum absolute atomic E-state index is 15.2. The molecule has 0 amide bonds. The van der Waals surface area contributed by atoms with Gasteiger partial charge >= 0.3 is 0 Å². The lowest BCUT2D eigenvalue weighted by molar-refractivity contribution is 0.585. The van der Waals surface area contributed by atoms with E-state index in [1.54, 1.807) is 0 Å². The highest BCUT2D eigenvalue weighted by molar-refractivity contribution is 5.75. The summed E-state index contributed by atoms with van der Waals surface area (Å²) in [7, 11) is 0. The van der Waals surface area contributed by atoms with Gasteiger partial charge in [0.05, 0.1) is 0 Å². The highest BCUT2D eigenvalue weighted by Gasteiger charge is 2.20. The van der Waals surface area contributed by atoms with Crippen LogP contribution >= 0.6 is 0 Å². The average Bonchev–Trinajstić information content (AvgIpc) is 2.55. The van der Waals surface area contributed by atoms with Crippen molar-refractivity contribution in [2.45, 2.75) is 26.2 Å². The molecule has 0 bridgehead atoms. The highest BCUT2D eigenvalue weighted by atomic mass is 19.1. The van der Waals surface area contributed by atoms with Crippen LogP contribution < -0.4 is 0 Å². The molecule has 0 saturated carbocycles. The van der Waals surface area contributed by atoms with Crippen LogP contribution in [-0.4, -0.2) is 0 Å². The van der Waals surface area contributed by atoms with Crippen molar-refractivity contribution in [1.82, 2.24) is 0 Å². The zero-order chi connectivity index (χ0) is 16.4. The van der Waals surface area contributed by atoms with Gasteiger partial charge in [-0.2, -0.15) is 0 Å². The zero-order valence-corrected chi connectivity index (χ0v) is 13.8. The van der Waals surface area contributed by atoms with Crippen molar-refractivity contribution in [3.8, 4) is 22.3 Å². The molecule has 0 heterocycles. The van der Waals surface area contributed by atoms with Crippen LogP contribution in [0.25, 0.3) is 22.3 Å². The Morgan fingerprint density at radius 3 is 1.39 bits per heavy atom. The van der Waals surface area contributed by atoms with E-state index in [0.29, 0.717) is 11.1 Å². The second-order valence-corrected chi connectivity index (χ2v) is 6.87. The Balaban J connectivity index is 2.28. The first-order valence-corrected chi connectivity index (χ1v) is 7.92. The molecular weight excluding hydrogens is 283 g/mol. The molecule has 3 aromatic carbocycles. The molecule has 0 fully saturated rings. The fourth-order valence-corrected chi connectivity index (χ4v) is 2.71. The number of rotatable bonds is 2. The molecular formula is C22H21F. The third kappa shape index (κ3) is 3.19.